The zero-order valence-corrected chi connectivity index (χ0v) is 13.6. The van der Waals surface area contributed by atoms with E-state index in [4.69, 9.17) is 0 Å². The van der Waals surface area contributed by atoms with Gasteiger partial charge < -0.3 is 0 Å². The molecule has 1 rings (SSSR count). The van der Waals surface area contributed by atoms with Crippen LogP contribution in [0.2, 0.25) is 0 Å². The van der Waals surface area contributed by atoms with Gasteiger partial charge in [-0.3, -0.25) is 0 Å². The zero-order chi connectivity index (χ0) is 11.5. The molecule has 0 aromatic heterocycles. The number of carbonyl (C=O) groups is 1. The van der Waals surface area contributed by atoms with Crippen LogP contribution in [0.4, 0.5) is 13.2 Å². The molecule has 1 aromatic rings. The molecule has 0 fully saturated rings. The Bertz CT molecular complexity index is 337. The Morgan fingerprint density at radius 2 is 1.80 bits per heavy atom. The number of alkyl halides is 3. The van der Waals surface area contributed by atoms with Crippen LogP contribution < -0.4 is 0 Å². The van der Waals surface area contributed by atoms with E-state index in [1.165, 1.54) is 0 Å². The molecule has 0 saturated carbocycles. The van der Waals surface area contributed by atoms with Crippen LogP contribution in [0.1, 0.15) is 9.68 Å². The zero-order valence-electron chi connectivity index (χ0n) is 7.91. The van der Waals surface area contributed by atoms with Crippen molar-refractivity contribution in [3.8, 4) is 0 Å². The van der Waals surface area contributed by atoms with Crippen LogP contribution in [0.25, 0.3) is 0 Å². The minimum atomic E-state index is -4.91. The van der Waals surface area contributed by atoms with Crippen LogP contribution in [-0.4, -0.2) is 34.7 Å². The first kappa shape index (κ1) is 12.3. The molecule has 0 spiro atoms. The summed E-state index contributed by atoms with van der Waals surface area (Å²) in [5.41, 5.74) is 0.617. The molecule has 1 aromatic carbocycles. The fourth-order valence-corrected chi connectivity index (χ4v) is 2.73. The van der Waals surface area contributed by atoms with Crippen LogP contribution in [0.3, 0.4) is 0 Å². The van der Waals surface area contributed by atoms with Gasteiger partial charge in [0.15, 0.2) is 0 Å². The van der Waals surface area contributed by atoms with Crippen LogP contribution in [0.5, 0.6) is 0 Å². The van der Waals surface area contributed by atoms with Gasteiger partial charge in [0.05, 0.1) is 0 Å². The first-order valence-electron chi connectivity index (χ1n) is 4.24. The van der Waals surface area contributed by atoms with Crippen molar-refractivity contribution in [2.45, 2.75) is 10.3 Å². The average molecular weight is 325 g/mol. The van der Waals surface area contributed by atoms with Crippen molar-refractivity contribution in [3.05, 3.63) is 35.9 Å². The maximum atomic E-state index is 11.9. The summed E-state index contributed by atoms with van der Waals surface area (Å²) in [6.07, 6.45) is -4.91. The van der Waals surface area contributed by atoms with Gasteiger partial charge >= 0.3 is 97.4 Å². The second-order valence-electron chi connectivity index (χ2n) is 2.96. The van der Waals surface area contributed by atoms with Crippen LogP contribution >= 0.6 is 0 Å². The Labute approximate surface area is 97.5 Å². The van der Waals surface area contributed by atoms with Crippen molar-refractivity contribution in [1.29, 1.82) is 0 Å². The van der Waals surface area contributed by atoms with Crippen molar-refractivity contribution in [2.75, 3.05) is 0 Å². The third-order valence-electron chi connectivity index (χ3n) is 1.78. The Kier molecular flexibility index (Phi) is 4.01. The number of rotatable bonds is 2. The summed E-state index contributed by atoms with van der Waals surface area (Å²) in [4.78, 5) is 10.5. The van der Waals surface area contributed by atoms with Crippen molar-refractivity contribution in [2.24, 2.45) is 0 Å². The molecule has 0 heterocycles. The van der Waals surface area contributed by atoms with E-state index in [0.717, 1.165) is 0 Å². The number of hydrogen-bond acceptors (Lipinski definition) is 2. The molecule has 0 bridgehead atoms. The van der Waals surface area contributed by atoms with Gasteiger partial charge in [0, 0.05) is 0 Å². The Morgan fingerprint density at radius 3 is 2.27 bits per heavy atom. The van der Waals surface area contributed by atoms with E-state index >= 15 is 0 Å². The fourth-order valence-electron chi connectivity index (χ4n) is 1.02. The molecular formula is C9H9F3O2Sn. The second kappa shape index (κ2) is 4.87. The normalized spacial score (nSPS) is 13.5. The second-order valence-corrected chi connectivity index (χ2v) is 5.95. The summed E-state index contributed by atoms with van der Waals surface area (Å²) in [5, 5.41) is 0. The number of carbonyl (C=O) groups excluding carboxylic acids is 1. The molecule has 2 nitrogen and oxygen atoms in total. The summed E-state index contributed by atoms with van der Waals surface area (Å²) in [7, 11) is 0. The van der Waals surface area contributed by atoms with Crippen molar-refractivity contribution >= 4 is 28.5 Å². The number of hydrogen-bond donors (Lipinski definition) is 0. The summed E-state index contributed by atoms with van der Waals surface area (Å²) in [6.45, 7) is 0. The topological polar surface area (TPSA) is 26.3 Å². The van der Waals surface area contributed by atoms with Gasteiger partial charge in [0.25, 0.3) is 0 Å². The molecule has 0 N–H and O–H groups in total. The van der Waals surface area contributed by atoms with Crippen molar-refractivity contribution < 1.29 is 22.7 Å². The van der Waals surface area contributed by atoms with E-state index in [0.29, 0.717) is 5.56 Å². The summed E-state index contributed by atoms with van der Waals surface area (Å²) in [5.74, 6) is -2.12. The third-order valence-corrected chi connectivity index (χ3v) is 4.36. The van der Waals surface area contributed by atoms with Crippen LogP contribution in [0.15, 0.2) is 30.3 Å². The average Bonchev–Trinajstić information content (AvgIpc) is 2.17. The monoisotopic (exact) mass is 326 g/mol. The van der Waals surface area contributed by atoms with Gasteiger partial charge in [-0.25, -0.2) is 0 Å². The van der Waals surface area contributed by atoms with E-state index in [-0.39, 0.29) is 22.5 Å². The number of esters is 1. The van der Waals surface area contributed by atoms with E-state index in [9.17, 15) is 18.0 Å². The van der Waals surface area contributed by atoms with Crippen LogP contribution in [0, 0.1) is 0 Å². The number of benzene rings is 1. The van der Waals surface area contributed by atoms with Crippen LogP contribution in [-0.2, 0) is 9.53 Å². The molecule has 0 aliphatic rings. The first-order valence-corrected chi connectivity index (χ1v) is 7.53. The Hall–Kier alpha value is -0.721. The molecule has 0 saturated heterocycles. The first-order chi connectivity index (χ1) is 6.91. The van der Waals surface area contributed by atoms with Gasteiger partial charge in [-0.15, -0.1) is 0 Å². The summed E-state index contributed by atoms with van der Waals surface area (Å²) >= 11 is -0.234. The molecule has 0 aliphatic heterocycles. The molecule has 0 radical (unpaired) electrons. The SMILES string of the molecule is O=C(O[CH]([SnH3])c1ccccc1)C(F)(F)F. The predicted molar refractivity (Wildman–Crippen MR) is 51.3 cm³/mol. The van der Waals surface area contributed by atoms with Gasteiger partial charge in [0.1, 0.15) is 0 Å². The Balaban J connectivity index is 2.65. The Morgan fingerprint density at radius 1 is 1.27 bits per heavy atom. The maximum absolute atomic E-state index is 11.9. The molecule has 82 valence electrons. The molecule has 15 heavy (non-hydrogen) atoms. The minimum absolute atomic E-state index is 0.234. The molecular weight excluding hydrogens is 316 g/mol. The van der Waals surface area contributed by atoms with E-state index < -0.39 is 16.3 Å². The van der Waals surface area contributed by atoms with Gasteiger partial charge in [-0.05, 0) is 0 Å². The van der Waals surface area contributed by atoms with Crippen molar-refractivity contribution in [1.82, 2.24) is 0 Å². The van der Waals surface area contributed by atoms with E-state index in [2.05, 4.69) is 4.74 Å². The standard InChI is InChI=1S/C9H6F3O2.Sn.3H/c10-9(11,12)8(13)14-6-7-4-2-1-3-5-7;;;;/h1-6H;;;;. The quantitative estimate of drug-likeness (QED) is 0.603. The van der Waals surface area contributed by atoms with E-state index in [1.54, 1.807) is 30.3 Å². The molecule has 1 unspecified atom stereocenters. The molecule has 6 heteroatoms. The molecule has 0 aliphatic carbocycles. The predicted octanol–water partition coefficient (Wildman–Crippen LogP) is 1.16. The summed E-state index contributed by atoms with van der Waals surface area (Å²) < 4.78 is 39.3. The summed E-state index contributed by atoms with van der Waals surface area (Å²) in [6, 6.07) is 8.42. The fraction of sp³-hybridized carbons (Fsp3) is 0.222. The van der Waals surface area contributed by atoms with Gasteiger partial charge in [-0.2, -0.15) is 0 Å². The van der Waals surface area contributed by atoms with E-state index in [1.807, 2.05) is 0 Å². The molecule has 1 atom stereocenters. The van der Waals surface area contributed by atoms with Gasteiger partial charge in [0.2, 0.25) is 0 Å². The number of ether oxygens (including phenoxy) is 1. The molecule has 0 amide bonds. The third kappa shape index (κ3) is 3.73. The van der Waals surface area contributed by atoms with Gasteiger partial charge in [-0.1, -0.05) is 0 Å². The number of halogens is 3. The van der Waals surface area contributed by atoms with Crippen molar-refractivity contribution in [3.63, 3.8) is 0 Å².